The lowest BCUT2D eigenvalue weighted by molar-refractivity contribution is 0.490. The van der Waals surface area contributed by atoms with Crippen LogP contribution in [0.2, 0.25) is 0 Å². The van der Waals surface area contributed by atoms with E-state index in [1.165, 1.54) is 0 Å². The Hall–Kier alpha value is -0.270. The fourth-order valence-electron chi connectivity index (χ4n) is 0.726. The van der Waals surface area contributed by atoms with E-state index in [9.17, 15) is 8.42 Å². The molecule has 1 aliphatic heterocycles. The van der Waals surface area contributed by atoms with E-state index >= 15 is 0 Å². The molecule has 0 radical (unpaired) electrons. The fourth-order valence-corrected chi connectivity index (χ4v) is 1.57. The van der Waals surface area contributed by atoms with Crippen LogP contribution < -0.4 is 5.73 Å². The molecule has 0 aromatic rings. The van der Waals surface area contributed by atoms with Crippen LogP contribution in [0.1, 0.15) is 13.8 Å². The molecule has 7 heteroatoms. The minimum atomic E-state index is -3.67. The second-order valence-corrected chi connectivity index (χ2v) is 6.08. The summed E-state index contributed by atoms with van der Waals surface area (Å²) in [5.74, 6) is 0.683. The molecule has 0 aliphatic carbocycles. The average Bonchev–Trinajstić information content (AvgIpc) is 1.94. The predicted molar refractivity (Wildman–Crippen MR) is 60.2 cm³/mol. The van der Waals surface area contributed by atoms with Crippen molar-refractivity contribution in [2.45, 2.75) is 19.1 Å². The molecule has 1 rings (SSSR count). The lowest BCUT2D eigenvalue weighted by Crippen LogP contribution is -2.25. The molecule has 0 saturated heterocycles. The molecule has 0 bridgehead atoms. The maximum absolute atomic E-state index is 9.19. The van der Waals surface area contributed by atoms with Crippen molar-refractivity contribution in [3.8, 4) is 0 Å². The molecule has 0 spiro atoms. The smallest absolute Gasteiger partial charge is 0.261 e. The number of aliphatic imine (C=N–C) groups is 1. The SMILES string of the molecule is CC1CN=C(N)SC1C.CS(=O)(=O)O. The molecule has 2 unspecified atom stereocenters. The number of nitrogens with zero attached hydrogens (tertiary/aromatic N) is 1. The van der Waals surface area contributed by atoms with Gasteiger partial charge in [0.25, 0.3) is 10.1 Å². The summed E-state index contributed by atoms with van der Waals surface area (Å²) in [5, 5.41) is 1.39. The Morgan fingerprint density at radius 1 is 1.57 bits per heavy atom. The van der Waals surface area contributed by atoms with Crippen LogP contribution in [0.4, 0.5) is 0 Å². The van der Waals surface area contributed by atoms with Crippen LogP contribution in [0.5, 0.6) is 0 Å². The van der Waals surface area contributed by atoms with Gasteiger partial charge in [0, 0.05) is 11.8 Å². The first-order chi connectivity index (χ1) is 6.20. The maximum atomic E-state index is 9.19. The van der Waals surface area contributed by atoms with Crippen molar-refractivity contribution < 1.29 is 13.0 Å². The molecule has 5 nitrogen and oxygen atoms in total. The van der Waals surface area contributed by atoms with Gasteiger partial charge in [-0.1, -0.05) is 25.6 Å². The molecule has 0 aromatic carbocycles. The van der Waals surface area contributed by atoms with Gasteiger partial charge in [-0.25, -0.2) is 0 Å². The van der Waals surface area contributed by atoms with Gasteiger partial charge in [-0.15, -0.1) is 0 Å². The Morgan fingerprint density at radius 2 is 2.00 bits per heavy atom. The highest BCUT2D eigenvalue weighted by molar-refractivity contribution is 8.14. The Labute approximate surface area is 88.9 Å². The van der Waals surface area contributed by atoms with E-state index in [-0.39, 0.29) is 0 Å². The third-order valence-electron chi connectivity index (χ3n) is 1.64. The zero-order chi connectivity index (χ0) is 11.4. The van der Waals surface area contributed by atoms with E-state index in [2.05, 4.69) is 18.8 Å². The van der Waals surface area contributed by atoms with Crippen LogP contribution in [0.25, 0.3) is 0 Å². The largest absolute Gasteiger partial charge is 0.379 e. The molecule has 0 saturated carbocycles. The topological polar surface area (TPSA) is 92.8 Å². The van der Waals surface area contributed by atoms with Gasteiger partial charge in [0.2, 0.25) is 0 Å². The molecule has 0 amide bonds. The highest BCUT2D eigenvalue weighted by Gasteiger charge is 2.17. The van der Waals surface area contributed by atoms with E-state index in [4.69, 9.17) is 10.3 Å². The monoisotopic (exact) mass is 240 g/mol. The van der Waals surface area contributed by atoms with Crippen molar-refractivity contribution in [3.63, 3.8) is 0 Å². The van der Waals surface area contributed by atoms with Gasteiger partial charge in [0.1, 0.15) is 0 Å². The number of hydrogen-bond donors (Lipinski definition) is 2. The fraction of sp³-hybridized carbons (Fsp3) is 0.857. The number of amidine groups is 1. The Kier molecular flexibility index (Phi) is 5.46. The van der Waals surface area contributed by atoms with Crippen LogP contribution >= 0.6 is 11.8 Å². The third kappa shape index (κ3) is 8.33. The molecule has 2 atom stereocenters. The van der Waals surface area contributed by atoms with E-state index in [0.717, 1.165) is 11.7 Å². The number of nitrogens with two attached hydrogens (primary N) is 1. The second kappa shape index (κ2) is 5.57. The molecule has 1 aliphatic rings. The van der Waals surface area contributed by atoms with Crippen molar-refractivity contribution in [1.29, 1.82) is 0 Å². The van der Waals surface area contributed by atoms with Crippen LogP contribution in [-0.2, 0) is 10.1 Å². The standard InChI is InChI=1S/C6H12N2S.CH4O3S/c1-4-3-8-6(7)9-5(4)2;1-5(2,3)4/h4-5H,3H2,1-2H3,(H2,7,8);1H3,(H,2,3,4). The Balaban J connectivity index is 0.000000292. The zero-order valence-electron chi connectivity index (χ0n) is 8.47. The van der Waals surface area contributed by atoms with E-state index in [1.54, 1.807) is 11.8 Å². The van der Waals surface area contributed by atoms with Gasteiger partial charge in [-0.3, -0.25) is 9.55 Å². The molecule has 14 heavy (non-hydrogen) atoms. The highest BCUT2D eigenvalue weighted by atomic mass is 32.2. The second-order valence-electron chi connectivity index (χ2n) is 3.21. The van der Waals surface area contributed by atoms with Gasteiger partial charge in [0.15, 0.2) is 5.17 Å². The molecule has 3 N–H and O–H groups in total. The summed E-state index contributed by atoms with van der Waals surface area (Å²) < 4.78 is 25.9. The quantitative estimate of drug-likeness (QED) is 0.604. The summed E-state index contributed by atoms with van der Waals surface area (Å²) in [6.07, 6.45) is 0.715. The van der Waals surface area contributed by atoms with Gasteiger partial charge < -0.3 is 5.73 Å². The summed E-state index contributed by atoms with van der Waals surface area (Å²) in [7, 11) is -3.67. The molecule has 0 fully saturated rings. The van der Waals surface area contributed by atoms with Crippen LogP contribution in [0.3, 0.4) is 0 Å². The lowest BCUT2D eigenvalue weighted by atomic mass is 10.1. The molecular formula is C7H16N2O3S2. The minimum Gasteiger partial charge on any atom is -0.379 e. The van der Waals surface area contributed by atoms with Crippen LogP contribution in [-0.4, -0.2) is 36.2 Å². The first kappa shape index (κ1) is 13.7. The zero-order valence-corrected chi connectivity index (χ0v) is 10.1. The van der Waals surface area contributed by atoms with Crippen molar-refractivity contribution >= 4 is 27.0 Å². The normalized spacial score (nSPS) is 27.3. The first-order valence-electron chi connectivity index (χ1n) is 4.09. The number of hydrogen-bond acceptors (Lipinski definition) is 5. The molecule has 84 valence electrons. The summed E-state index contributed by atoms with van der Waals surface area (Å²) >= 11 is 1.68. The molecule has 1 heterocycles. The Bertz CT molecular complexity index is 292. The van der Waals surface area contributed by atoms with E-state index < -0.39 is 10.1 Å². The van der Waals surface area contributed by atoms with Crippen molar-refractivity contribution in [1.82, 2.24) is 0 Å². The third-order valence-corrected chi connectivity index (χ3v) is 2.85. The number of rotatable bonds is 0. The minimum absolute atomic E-state index is 0.641. The predicted octanol–water partition coefficient (Wildman–Crippen LogP) is 0.577. The summed E-state index contributed by atoms with van der Waals surface area (Å²) in [5.41, 5.74) is 5.50. The lowest BCUT2D eigenvalue weighted by Gasteiger charge is -2.21. The summed E-state index contributed by atoms with van der Waals surface area (Å²) in [6, 6.07) is 0. The van der Waals surface area contributed by atoms with Gasteiger partial charge in [0.05, 0.1) is 6.26 Å². The summed E-state index contributed by atoms with van der Waals surface area (Å²) in [4.78, 5) is 4.12. The first-order valence-corrected chi connectivity index (χ1v) is 6.82. The van der Waals surface area contributed by atoms with Crippen molar-refractivity contribution in [3.05, 3.63) is 0 Å². The van der Waals surface area contributed by atoms with Crippen molar-refractivity contribution in [2.24, 2.45) is 16.6 Å². The maximum Gasteiger partial charge on any atom is 0.261 e. The van der Waals surface area contributed by atoms with Crippen molar-refractivity contribution in [2.75, 3.05) is 12.8 Å². The van der Waals surface area contributed by atoms with Crippen LogP contribution in [0.15, 0.2) is 4.99 Å². The van der Waals surface area contributed by atoms with E-state index in [0.29, 0.717) is 17.4 Å². The number of thioether (sulfide) groups is 1. The van der Waals surface area contributed by atoms with Crippen LogP contribution in [0, 0.1) is 5.92 Å². The highest BCUT2D eigenvalue weighted by Crippen LogP contribution is 2.23. The van der Waals surface area contributed by atoms with Gasteiger partial charge in [-0.05, 0) is 5.92 Å². The van der Waals surface area contributed by atoms with E-state index in [1.807, 2.05) is 0 Å². The Morgan fingerprint density at radius 3 is 2.29 bits per heavy atom. The van der Waals surface area contributed by atoms with Gasteiger partial charge in [-0.2, -0.15) is 8.42 Å². The van der Waals surface area contributed by atoms with Gasteiger partial charge >= 0.3 is 0 Å². The molecule has 0 aromatic heterocycles. The average molecular weight is 240 g/mol. The molecular weight excluding hydrogens is 224 g/mol. The summed E-state index contributed by atoms with van der Waals surface area (Å²) in [6.45, 7) is 5.30.